The van der Waals surface area contributed by atoms with Gasteiger partial charge in [0.05, 0.1) is 42.7 Å². The van der Waals surface area contributed by atoms with E-state index < -0.39 is 12.0 Å². The van der Waals surface area contributed by atoms with E-state index in [2.05, 4.69) is 4.99 Å². The van der Waals surface area contributed by atoms with Crippen molar-refractivity contribution in [3.05, 3.63) is 120 Å². The summed E-state index contributed by atoms with van der Waals surface area (Å²) < 4.78 is 24.4. The second-order valence-electron chi connectivity index (χ2n) is 9.70. The molecule has 9 heteroatoms. The SMILES string of the molecule is CCOC(=O)C1=C(C)N=c2sc(=Cc3ccc(OC)c(COc4ccccc4C)c3)c(=O)n2[C@H]1c1ccc(OC)cc1. The summed E-state index contributed by atoms with van der Waals surface area (Å²) in [5.74, 6) is 1.66. The zero-order valence-corrected chi connectivity index (χ0v) is 25.0. The average Bonchev–Trinajstić information content (AvgIpc) is 3.30. The molecule has 1 aliphatic rings. The van der Waals surface area contributed by atoms with E-state index in [0.29, 0.717) is 38.7 Å². The molecule has 216 valence electrons. The van der Waals surface area contributed by atoms with Crippen LogP contribution in [0.3, 0.4) is 0 Å². The predicted octanol–water partition coefficient (Wildman–Crippen LogP) is 4.70. The van der Waals surface area contributed by atoms with Gasteiger partial charge in [-0.25, -0.2) is 9.79 Å². The zero-order valence-electron chi connectivity index (χ0n) is 24.2. The molecule has 8 nitrogen and oxygen atoms in total. The van der Waals surface area contributed by atoms with E-state index >= 15 is 0 Å². The molecule has 0 aliphatic carbocycles. The van der Waals surface area contributed by atoms with Crippen LogP contribution in [0.2, 0.25) is 0 Å². The van der Waals surface area contributed by atoms with Crippen LogP contribution in [0.1, 0.15) is 42.1 Å². The van der Waals surface area contributed by atoms with E-state index in [1.807, 2.05) is 67.6 Å². The van der Waals surface area contributed by atoms with Gasteiger partial charge in [0.2, 0.25) is 0 Å². The van der Waals surface area contributed by atoms with Gasteiger partial charge in [0.15, 0.2) is 4.80 Å². The summed E-state index contributed by atoms with van der Waals surface area (Å²) in [6.07, 6.45) is 1.83. The Hall–Kier alpha value is -4.63. The van der Waals surface area contributed by atoms with E-state index in [4.69, 9.17) is 18.9 Å². The van der Waals surface area contributed by atoms with Crippen molar-refractivity contribution >= 4 is 23.4 Å². The van der Waals surface area contributed by atoms with E-state index in [1.165, 1.54) is 11.3 Å². The molecule has 1 aliphatic heterocycles. The molecule has 0 spiro atoms. The summed E-state index contributed by atoms with van der Waals surface area (Å²) in [5, 5.41) is 0. The lowest BCUT2D eigenvalue weighted by Crippen LogP contribution is -2.39. The van der Waals surface area contributed by atoms with Gasteiger partial charge in [0.1, 0.15) is 23.9 Å². The highest BCUT2D eigenvalue weighted by Crippen LogP contribution is 2.31. The Balaban J connectivity index is 1.58. The lowest BCUT2D eigenvalue weighted by atomic mass is 9.96. The number of methoxy groups -OCH3 is 2. The van der Waals surface area contributed by atoms with Crippen molar-refractivity contribution < 1.29 is 23.7 Å². The number of ether oxygens (including phenoxy) is 4. The van der Waals surface area contributed by atoms with Crippen molar-refractivity contribution in [1.29, 1.82) is 0 Å². The van der Waals surface area contributed by atoms with Crippen LogP contribution in [0.4, 0.5) is 0 Å². The maximum absolute atomic E-state index is 13.9. The van der Waals surface area contributed by atoms with Crippen molar-refractivity contribution in [2.75, 3.05) is 20.8 Å². The lowest BCUT2D eigenvalue weighted by molar-refractivity contribution is -0.139. The van der Waals surface area contributed by atoms with Crippen LogP contribution < -0.4 is 29.1 Å². The van der Waals surface area contributed by atoms with E-state index in [9.17, 15) is 9.59 Å². The molecule has 0 unspecified atom stereocenters. The molecule has 0 bridgehead atoms. The molecule has 0 fully saturated rings. The number of carbonyl (C=O) groups excluding carboxylic acids is 1. The number of aromatic nitrogens is 1. The quantitative estimate of drug-likeness (QED) is 0.265. The highest BCUT2D eigenvalue weighted by molar-refractivity contribution is 7.07. The molecule has 1 atom stereocenters. The molecule has 2 heterocycles. The van der Waals surface area contributed by atoms with Gasteiger partial charge in [-0.3, -0.25) is 9.36 Å². The number of nitrogens with zero attached hydrogens (tertiary/aromatic N) is 2. The number of aryl methyl sites for hydroxylation is 1. The van der Waals surface area contributed by atoms with Crippen molar-refractivity contribution in [3.8, 4) is 17.2 Å². The molecule has 42 heavy (non-hydrogen) atoms. The molecule has 3 aromatic carbocycles. The number of hydrogen-bond donors (Lipinski definition) is 0. The van der Waals surface area contributed by atoms with Crippen molar-refractivity contribution in [2.45, 2.75) is 33.4 Å². The minimum atomic E-state index is -0.692. The van der Waals surface area contributed by atoms with E-state index in [1.54, 1.807) is 44.8 Å². The Morgan fingerprint density at radius 3 is 2.45 bits per heavy atom. The zero-order chi connectivity index (χ0) is 29.8. The first-order valence-corrected chi connectivity index (χ1v) is 14.3. The summed E-state index contributed by atoms with van der Waals surface area (Å²) in [4.78, 5) is 32.2. The normalized spacial score (nSPS) is 14.7. The molecular weight excluding hydrogens is 552 g/mol. The standard InChI is InChI=1S/C33H32N2O6S/c1-6-40-32(37)29-21(3)34-33-35(30(29)23-12-14-25(38-4)15-13-23)31(36)28(42-33)18-22-11-16-27(39-5)24(17-22)19-41-26-10-8-7-9-20(26)2/h7-18,30H,6,19H2,1-5H3/t30-/m0/s1. The van der Waals surface area contributed by atoms with Crippen LogP contribution in [0.15, 0.2) is 87.8 Å². The van der Waals surface area contributed by atoms with E-state index in [-0.39, 0.29) is 12.2 Å². The number of thiazole rings is 1. The molecular formula is C33H32N2O6S. The molecule has 4 aromatic rings. The van der Waals surface area contributed by atoms with Crippen LogP contribution in [-0.4, -0.2) is 31.4 Å². The minimum Gasteiger partial charge on any atom is -0.497 e. The fourth-order valence-electron chi connectivity index (χ4n) is 4.92. The summed E-state index contributed by atoms with van der Waals surface area (Å²) in [6, 6.07) is 20.2. The summed E-state index contributed by atoms with van der Waals surface area (Å²) in [5.41, 5.74) is 4.05. The van der Waals surface area contributed by atoms with Gasteiger partial charge in [0, 0.05) is 5.56 Å². The Kier molecular flexibility index (Phi) is 8.59. The largest absolute Gasteiger partial charge is 0.497 e. The number of hydrogen-bond acceptors (Lipinski definition) is 8. The van der Waals surface area contributed by atoms with Gasteiger partial charge in [-0.2, -0.15) is 0 Å². The maximum atomic E-state index is 13.9. The van der Waals surface area contributed by atoms with Crippen molar-refractivity contribution in [2.24, 2.45) is 4.99 Å². The number of carbonyl (C=O) groups is 1. The Morgan fingerprint density at radius 2 is 1.76 bits per heavy atom. The first-order valence-electron chi connectivity index (χ1n) is 13.5. The fraction of sp³-hybridized carbons (Fsp3) is 0.242. The highest BCUT2D eigenvalue weighted by Gasteiger charge is 2.33. The van der Waals surface area contributed by atoms with Gasteiger partial charge in [-0.15, -0.1) is 0 Å². The van der Waals surface area contributed by atoms with E-state index in [0.717, 1.165) is 28.0 Å². The Morgan fingerprint density at radius 1 is 1.00 bits per heavy atom. The van der Waals surface area contributed by atoms with Crippen LogP contribution in [0.5, 0.6) is 17.2 Å². The van der Waals surface area contributed by atoms with Gasteiger partial charge in [-0.1, -0.05) is 47.7 Å². The van der Waals surface area contributed by atoms with Gasteiger partial charge >= 0.3 is 5.97 Å². The summed E-state index contributed by atoms with van der Waals surface area (Å²) >= 11 is 1.28. The monoisotopic (exact) mass is 584 g/mol. The lowest BCUT2D eigenvalue weighted by Gasteiger charge is -2.24. The smallest absolute Gasteiger partial charge is 0.338 e. The first-order chi connectivity index (χ1) is 20.3. The second kappa shape index (κ2) is 12.5. The Labute approximate surface area is 247 Å². The van der Waals surface area contributed by atoms with Crippen molar-refractivity contribution in [1.82, 2.24) is 4.57 Å². The van der Waals surface area contributed by atoms with Crippen LogP contribution >= 0.6 is 11.3 Å². The third-order valence-corrected chi connectivity index (χ3v) is 8.01. The van der Waals surface area contributed by atoms with Gasteiger partial charge < -0.3 is 18.9 Å². The van der Waals surface area contributed by atoms with Crippen molar-refractivity contribution in [3.63, 3.8) is 0 Å². The molecule has 1 aromatic heterocycles. The number of allylic oxidation sites excluding steroid dienone is 1. The maximum Gasteiger partial charge on any atom is 0.338 e. The second-order valence-corrected chi connectivity index (χ2v) is 10.7. The van der Waals surface area contributed by atoms with Crippen LogP contribution in [0, 0.1) is 6.92 Å². The predicted molar refractivity (Wildman–Crippen MR) is 162 cm³/mol. The number of rotatable bonds is 9. The average molecular weight is 585 g/mol. The van der Waals surface area contributed by atoms with Crippen LogP contribution in [0.25, 0.3) is 6.08 Å². The molecule has 5 rings (SSSR count). The van der Waals surface area contributed by atoms with Crippen LogP contribution in [-0.2, 0) is 16.1 Å². The number of benzene rings is 3. The molecule has 0 saturated carbocycles. The number of fused-ring (bicyclic) bond motifs is 1. The molecule has 0 N–H and O–H groups in total. The molecule has 0 radical (unpaired) electrons. The Bertz CT molecular complexity index is 1840. The molecule has 0 saturated heterocycles. The number of esters is 1. The topological polar surface area (TPSA) is 88.4 Å². The number of para-hydroxylation sites is 1. The first kappa shape index (κ1) is 28.9. The third-order valence-electron chi connectivity index (χ3n) is 7.03. The van der Waals surface area contributed by atoms with Gasteiger partial charge in [0.25, 0.3) is 5.56 Å². The third kappa shape index (κ3) is 5.73. The summed E-state index contributed by atoms with van der Waals surface area (Å²) in [6.45, 7) is 6.03. The molecule has 0 amide bonds. The highest BCUT2D eigenvalue weighted by atomic mass is 32.1. The summed E-state index contributed by atoms with van der Waals surface area (Å²) in [7, 11) is 3.21. The fourth-order valence-corrected chi connectivity index (χ4v) is 5.97. The minimum absolute atomic E-state index is 0.211. The van der Waals surface area contributed by atoms with Gasteiger partial charge in [-0.05, 0) is 73.9 Å².